The van der Waals surface area contributed by atoms with Gasteiger partial charge in [-0.3, -0.25) is 19.3 Å². The summed E-state index contributed by atoms with van der Waals surface area (Å²) in [5, 5.41) is 12.5. The third kappa shape index (κ3) is 4.88. The quantitative estimate of drug-likeness (QED) is 0.390. The van der Waals surface area contributed by atoms with Crippen molar-refractivity contribution in [1.29, 1.82) is 0 Å². The number of likely N-dealkylation sites (tertiary alicyclic amines) is 1. The maximum Gasteiger partial charge on any atom is 0.229 e. The van der Waals surface area contributed by atoms with Crippen LogP contribution in [0.25, 0.3) is 0 Å². The number of hydrogen-bond donors (Lipinski definition) is 1. The molecule has 9 heteroatoms. The molecule has 0 spiro atoms. The number of amides is 3. The molecule has 27 heavy (non-hydrogen) atoms. The summed E-state index contributed by atoms with van der Waals surface area (Å²) >= 11 is 1.63. The molecule has 0 unspecified atom stereocenters. The number of nitrogens with one attached hydrogen (secondary N) is 1. The molecule has 3 rings (SSSR count). The van der Waals surface area contributed by atoms with Crippen LogP contribution in [-0.2, 0) is 20.8 Å². The zero-order chi connectivity index (χ0) is 19.2. The zero-order valence-electron chi connectivity index (χ0n) is 15.8. The van der Waals surface area contributed by atoms with Crippen molar-refractivity contribution in [2.45, 2.75) is 69.0 Å². The van der Waals surface area contributed by atoms with Crippen LogP contribution in [0.15, 0.2) is 5.16 Å². The van der Waals surface area contributed by atoms with Crippen LogP contribution in [0, 0.1) is 0 Å². The number of aromatic nitrogens is 3. The van der Waals surface area contributed by atoms with Gasteiger partial charge in [0.25, 0.3) is 0 Å². The topological polar surface area (TPSA) is 97.2 Å². The Kier molecular flexibility index (Phi) is 6.87. The molecule has 8 nitrogen and oxygen atoms in total. The van der Waals surface area contributed by atoms with Gasteiger partial charge < -0.3 is 9.88 Å². The van der Waals surface area contributed by atoms with Crippen LogP contribution in [0.3, 0.4) is 0 Å². The van der Waals surface area contributed by atoms with E-state index in [1.54, 1.807) is 11.8 Å². The average molecular weight is 394 g/mol. The first kappa shape index (κ1) is 19.9. The van der Waals surface area contributed by atoms with Gasteiger partial charge >= 0.3 is 0 Å². The summed E-state index contributed by atoms with van der Waals surface area (Å²) in [5.41, 5.74) is 0. The van der Waals surface area contributed by atoms with Gasteiger partial charge in [0, 0.05) is 44.8 Å². The molecule has 3 amide bonds. The van der Waals surface area contributed by atoms with E-state index in [0.717, 1.165) is 23.8 Å². The van der Waals surface area contributed by atoms with E-state index in [1.165, 1.54) is 30.6 Å². The number of carbonyl (C=O) groups excluding carboxylic acids is 3. The second-order valence-corrected chi connectivity index (χ2v) is 7.83. The highest BCUT2D eigenvalue weighted by atomic mass is 32.2. The van der Waals surface area contributed by atoms with Crippen LogP contribution in [0.1, 0.15) is 63.2 Å². The lowest BCUT2D eigenvalue weighted by Gasteiger charge is -2.16. The Morgan fingerprint density at radius 3 is 2.56 bits per heavy atom. The molecular weight excluding hydrogens is 366 g/mol. The SMILES string of the molecule is CSc1nnc(CCCNC(=O)CCN2C(=O)CCC2=O)n1C1CCCC1. The molecule has 0 radical (unpaired) electrons. The molecule has 1 aliphatic carbocycles. The molecule has 1 saturated heterocycles. The normalized spacial score (nSPS) is 17.9. The fraction of sp³-hybridized carbons (Fsp3) is 0.722. The Morgan fingerprint density at radius 2 is 1.89 bits per heavy atom. The molecule has 1 saturated carbocycles. The predicted octanol–water partition coefficient (Wildman–Crippen LogP) is 1.70. The van der Waals surface area contributed by atoms with Gasteiger partial charge in [-0.15, -0.1) is 10.2 Å². The third-order valence-corrected chi connectivity index (χ3v) is 5.87. The maximum absolute atomic E-state index is 12.0. The Balaban J connectivity index is 1.41. The second kappa shape index (κ2) is 9.34. The van der Waals surface area contributed by atoms with Crippen molar-refractivity contribution in [3.8, 4) is 0 Å². The lowest BCUT2D eigenvalue weighted by molar-refractivity contribution is -0.138. The molecule has 1 N–H and O–H groups in total. The summed E-state index contributed by atoms with van der Waals surface area (Å²) in [5.74, 6) is 0.505. The van der Waals surface area contributed by atoms with Crippen molar-refractivity contribution in [3.63, 3.8) is 0 Å². The van der Waals surface area contributed by atoms with Crippen molar-refractivity contribution >= 4 is 29.5 Å². The van der Waals surface area contributed by atoms with Crippen molar-refractivity contribution in [3.05, 3.63) is 5.82 Å². The molecule has 2 fully saturated rings. The van der Waals surface area contributed by atoms with Gasteiger partial charge in [-0.1, -0.05) is 24.6 Å². The molecule has 1 aromatic rings. The summed E-state index contributed by atoms with van der Waals surface area (Å²) in [6.45, 7) is 0.726. The summed E-state index contributed by atoms with van der Waals surface area (Å²) in [4.78, 5) is 36.2. The van der Waals surface area contributed by atoms with E-state index in [9.17, 15) is 14.4 Å². The second-order valence-electron chi connectivity index (χ2n) is 7.05. The van der Waals surface area contributed by atoms with Crippen LogP contribution >= 0.6 is 11.8 Å². The molecule has 1 aromatic heterocycles. The van der Waals surface area contributed by atoms with Crippen LogP contribution in [-0.4, -0.2) is 56.7 Å². The van der Waals surface area contributed by atoms with E-state index in [4.69, 9.17) is 0 Å². The monoisotopic (exact) mass is 393 g/mol. The van der Waals surface area contributed by atoms with Crippen LogP contribution in [0.2, 0.25) is 0 Å². The Hall–Kier alpha value is -1.90. The summed E-state index contributed by atoms with van der Waals surface area (Å²) in [7, 11) is 0. The highest BCUT2D eigenvalue weighted by molar-refractivity contribution is 7.98. The van der Waals surface area contributed by atoms with E-state index < -0.39 is 0 Å². The Bertz CT molecular complexity index is 683. The highest BCUT2D eigenvalue weighted by Gasteiger charge is 2.28. The number of nitrogens with zero attached hydrogens (tertiary/aromatic N) is 4. The largest absolute Gasteiger partial charge is 0.356 e. The van der Waals surface area contributed by atoms with E-state index in [2.05, 4.69) is 20.1 Å². The molecule has 0 aromatic carbocycles. The maximum atomic E-state index is 12.0. The lowest BCUT2D eigenvalue weighted by Crippen LogP contribution is -2.34. The molecule has 148 valence electrons. The smallest absolute Gasteiger partial charge is 0.229 e. The van der Waals surface area contributed by atoms with Gasteiger partial charge in [-0.25, -0.2) is 0 Å². The van der Waals surface area contributed by atoms with E-state index >= 15 is 0 Å². The fourth-order valence-electron chi connectivity index (χ4n) is 3.79. The highest BCUT2D eigenvalue weighted by Crippen LogP contribution is 2.33. The van der Waals surface area contributed by atoms with Gasteiger partial charge in [-0.2, -0.15) is 0 Å². The number of carbonyl (C=O) groups is 3. The molecular formula is C18H27N5O3S. The standard InChI is InChI=1S/C18H27N5O3S/c1-27-18-21-20-14(23(18)13-5-2-3-6-13)7-4-11-19-15(24)10-12-22-16(25)8-9-17(22)26/h13H,2-12H2,1H3,(H,19,24). The lowest BCUT2D eigenvalue weighted by atomic mass is 10.2. The number of aryl methyl sites for hydroxylation is 1. The predicted molar refractivity (Wildman–Crippen MR) is 101 cm³/mol. The molecule has 2 aliphatic rings. The first-order chi connectivity index (χ1) is 13.1. The minimum absolute atomic E-state index is 0.135. The van der Waals surface area contributed by atoms with E-state index in [0.29, 0.717) is 12.6 Å². The van der Waals surface area contributed by atoms with Gasteiger partial charge in [0.05, 0.1) is 0 Å². The Morgan fingerprint density at radius 1 is 1.19 bits per heavy atom. The number of rotatable bonds is 9. The third-order valence-electron chi connectivity index (χ3n) is 5.22. The minimum Gasteiger partial charge on any atom is -0.356 e. The molecule has 1 aliphatic heterocycles. The van der Waals surface area contributed by atoms with Gasteiger partial charge in [0.15, 0.2) is 5.16 Å². The first-order valence-electron chi connectivity index (χ1n) is 9.68. The molecule has 0 atom stereocenters. The molecule has 0 bridgehead atoms. The first-order valence-corrected chi connectivity index (χ1v) is 10.9. The van der Waals surface area contributed by atoms with Crippen LogP contribution in [0.5, 0.6) is 0 Å². The van der Waals surface area contributed by atoms with Crippen LogP contribution < -0.4 is 5.32 Å². The summed E-state index contributed by atoms with van der Waals surface area (Å²) < 4.78 is 2.28. The van der Waals surface area contributed by atoms with Crippen molar-refractivity contribution in [2.24, 2.45) is 0 Å². The van der Waals surface area contributed by atoms with Gasteiger partial charge in [-0.05, 0) is 25.5 Å². The number of hydrogen-bond acceptors (Lipinski definition) is 6. The van der Waals surface area contributed by atoms with E-state index in [1.807, 2.05) is 6.26 Å². The van der Waals surface area contributed by atoms with Crippen molar-refractivity contribution < 1.29 is 14.4 Å². The van der Waals surface area contributed by atoms with Crippen molar-refractivity contribution in [2.75, 3.05) is 19.3 Å². The van der Waals surface area contributed by atoms with Crippen LogP contribution in [0.4, 0.5) is 0 Å². The zero-order valence-corrected chi connectivity index (χ0v) is 16.6. The van der Waals surface area contributed by atoms with Crippen molar-refractivity contribution in [1.82, 2.24) is 25.0 Å². The average Bonchev–Trinajstić information content (AvgIpc) is 3.38. The minimum atomic E-state index is -0.177. The number of thioether (sulfide) groups is 1. The summed E-state index contributed by atoms with van der Waals surface area (Å²) in [6, 6.07) is 0.502. The fourth-order valence-corrected chi connectivity index (χ4v) is 4.37. The molecule has 2 heterocycles. The van der Waals surface area contributed by atoms with E-state index in [-0.39, 0.29) is 43.5 Å². The number of imide groups is 1. The Labute approximate surface area is 163 Å². The summed E-state index contributed by atoms with van der Waals surface area (Å²) in [6.07, 6.45) is 9.15. The van der Waals surface area contributed by atoms with Gasteiger partial charge in [0.2, 0.25) is 17.7 Å². The van der Waals surface area contributed by atoms with Gasteiger partial charge in [0.1, 0.15) is 5.82 Å².